The zero-order chi connectivity index (χ0) is 20.5. The second-order valence-corrected chi connectivity index (χ2v) is 10.9. The number of hydrogen-bond donors (Lipinski definition) is 0. The third-order valence-corrected chi connectivity index (χ3v) is 9.17. The average molecular weight is 438 g/mol. The van der Waals surface area contributed by atoms with Crippen LogP contribution in [0.15, 0.2) is 58.6 Å². The monoisotopic (exact) mass is 437 g/mol. The molecule has 156 valence electrons. The molecule has 0 spiro atoms. The highest BCUT2D eigenvalue weighted by Crippen LogP contribution is 2.36. The number of benzene rings is 1. The van der Waals surface area contributed by atoms with E-state index in [-0.39, 0.29) is 15.8 Å². The van der Waals surface area contributed by atoms with Crippen LogP contribution in [0, 0.1) is 0 Å². The van der Waals surface area contributed by atoms with Crippen LogP contribution in [0.25, 0.3) is 0 Å². The molecule has 0 radical (unpaired) electrons. The molecule has 2 aromatic rings. The van der Waals surface area contributed by atoms with Crippen molar-refractivity contribution in [1.82, 2.24) is 13.6 Å². The van der Waals surface area contributed by atoms with Gasteiger partial charge in [-0.2, -0.15) is 8.61 Å². The predicted molar refractivity (Wildman–Crippen MR) is 106 cm³/mol. The van der Waals surface area contributed by atoms with Gasteiger partial charge in [0.05, 0.1) is 29.0 Å². The molecule has 0 N–H and O–H groups in total. The first-order valence-corrected chi connectivity index (χ1v) is 12.4. The summed E-state index contributed by atoms with van der Waals surface area (Å²) in [6.07, 6.45) is 4.83. The van der Waals surface area contributed by atoms with Gasteiger partial charge in [-0.3, -0.25) is 4.98 Å². The van der Waals surface area contributed by atoms with Crippen molar-refractivity contribution in [2.75, 3.05) is 32.8 Å². The Labute approximate surface area is 171 Å². The first kappa shape index (κ1) is 20.4. The summed E-state index contributed by atoms with van der Waals surface area (Å²) in [5.41, 5.74) is 0.910. The molecule has 3 heterocycles. The maximum Gasteiger partial charge on any atom is 0.243 e. The van der Waals surface area contributed by atoms with Crippen molar-refractivity contribution in [2.45, 2.75) is 28.7 Å². The fraction of sp³-hybridized carbons (Fsp3) is 0.421. The number of sulfonamides is 2. The van der Waals surface area contributed by atoms with Gasteiger partial charge < -0.3 is 4.74 Å². The fourth-order valence-corrected chi connectivity index (χ4v) is 6.89. The third kappa shape index (κ3) is 3.95. The van der Waals surface area contributed by atoms with Gasteiger partial charge >= 0.3 is 0 Å². The largest absolute Gasteiger partial charge is 0.379 e. The highest BCUT2D eigenvalue weighted by Gasteiger charge is 2.36. The minimum Gasteiger partial charge on any atom is -0.379 e. The molecule has 1 aromatic heterocycles. The van der Waals surface area contributed by atoms with Crippen LogP contribution < -0.4 is 0 Å². The molecular formula is C19H23N3O5S2. The van der Waals surface area contributed by atoms with E-state index in [1.54, 1.807) is 12.4 Å². The summed E-state index contributed by atoms with van der Waals surface area (Å²) in [7, 11) is -7.40. The first-order chi connectivity index (χ1) is 13.9. The molecule has 0 bridgehead atoms. The highest BCUT2D eigenvalue weighted by molar-refractivity contribution is 7.89. The van der Waals surface area contributed by atoms with Crippen molar-refractivity contribution in [1.29, 1.82) is 0 Å². The number of ether oxygens (including phenoxy) is 1. The van der Waals surface area contributed by atoms with Crippen molar-refractivity contribution in [3.8, 4) is 0 Å². The molecule has 1 unspecified atom stereocenters. The zero-order valence-electron chi connectivity index (χ0n) is 15.8. The molecule has 2 saturated heterocycles. The normalized spacial score (nSPS) is 22.0. The number of aromatic nitrogens is 1. The number of morpholine rings is 1. The summed E-state index contributed by atoms with van der Waals surface area (Å²) in [5, 5.41) is 0. The van der Waals surface area contributed by atoms with E-state index in [0.717, 1.165) is 18.4 Å². The number of rotatable bonds is 5. The fourth-order valence-electron chi connectivity index (χ4n) is 3.80. The van der Waals surface area contributed by atoms with E-state index in [1.807, 2.05) is 12.1 Å². The van der Waals surface area contributed by atoms with E-state index in [0.29, 0.717) is 32.8 Å². The maximum atomic E-state index is 13.2. The van der Waals surface area contributed by atoms with Crippen LogP contribution in [0.5, 0.6) is 0 Å². The predicted octanol–water partition coefficient (Wildman–Crippen LogP) is 1.63. The zero-order valence-corrected chi connectivity index (χ0v) is 17.5. The van der Waals surface area contributed by atoms with Crippen LogP contribution >= 0.6 is 0 Å². The highest BCUT2D eigenvalue weighted by atomic mass is 32.2. The van der Waals surface area contributed by atoms with E-state index >= 15 is 0 Å². The Balaban J connectivity index is 1.59. The lowest BCUT2D eigenvalue weighted by molar-refractivity contribution is 0.0730. The van der Waals surface area contributed by atoms with Crippen molar-refractivity contribution < 1.29 is 21.6 Å². The summed E-state index contributed by atoms with van der Waals surface area (Å²) >= 11 is 0. The summed E-state index contributed by atoms with van der Waals surface area (Å²) < 4.78 is 60.0. The van der Waals surface area contributed by atoms with Crippen LogP contribution in [0.4, 0.5) is 0 Å². The van der Waals surface area contributed by atoms with Crippen molar-refractivity contribution in [3.05, 3.63) is 54.4 Å². The molecule has 8 nitrogen and oxygen atoms in total. The number of pyridine rings is 1. The van der Waals surface area contributed by atoms with Crippen LogP contribution in [-0.4, -0.2) is 63.3 Å². The number of nitrogens with zero attached hydrogens (tertiary/aromatic N) is 3. The van der Waals surface area contributed by atoms with Crippen molar-refractivity contribution >= 4 is 20.0 Å². The van der Waals surface area contributed by atoms with E-state index in [4.69, 9.17) is 4.74 Å². The Bertz CT molecular complexity index is 1050. The summed E-state index contributed by atoms with van der Waals surface area (Å²) in [6.45, 7) is 1.74. The smallest absolute Gasteiger partial charge is 0.243 e. The van der Waals surface area contributed by atoms with Crippen LogP contribution in [-0.2, 0) is 24.8 Å². The van der Waals surface area contributed by atoms with Gasteiger partial charge in [-0.05, 0) is 54.8 Å². The Kier molecular flexibility index (Phi) is 5.71. The lowest BCUT2D eigenvalue weighted by atomic mass is 10.1. The van der Waals surface area contributed by atoms with Crippen LogP contribution in [0.2, 0.25) is 0 Å². The topological polar surface area (TPSA) is 96.9 Å². The molecule has 2 aliphatic rings. The summed E-state index contributed by atoms with van der Waals surface area (Å²) in [4.78, 5) is 4.18. The van der Waals surface area contributed by atoms with Gasteiger partial charge in [0.25, 0.3) is 0 Å². The van der Waals surface area contributed by atoms with Crippen molar-refractivity contribution in [3.63, 3.8) is 0 Å². The lowest BCUT2D eigenvalue weighted by Gasteiger charge is -2.26. The van der Waals surface area contributed by atoms with Crippen molar-refractivity contribution in [2.24, 2.45) is 0 Å². The standard InChI is InChI=1S/C19H23N3O5S2/c23-28(24,21-12-14-27-15-13-21)17-3-5-18(6-4-17)29(25,26)22-11-1-2-19(22)16-7-9-20-10-8-16/h3-10,19H,1-2,11-15H2. The SMILES string of the molecule is O=S(=O)(c1ccc(S(=O)(=O)N2CCCC2c2ccncc2)cc1)N1CCOCC1. The Morgan fingerprint density at radius 1 is 0.828 bits per heavy atom. The Hall–Kier alpha value is -1.85. The third-order valence-electron chi connectivity index (χ3n) is 5.33. The lowest BCUT2D eigenvalue weighted by Crippen LogP contribution is -2.40. The van der Waals surface area contributed by atoms with Gasteiger partial charge in [-0.1, -0.05) is 0 Å². The molecule has 0 amide bonds. The molecule has 4 rings (SSSR count). The molecule has 2 aliphatic heterocycles. The Morgan fingerprint density at radius 3 is 2.03 bits per heavy atom. The van der Waals surface area contributed by atoms with Gasteiger partial charge in [0.1, 0.15) is 0 Å². The molecule has 1 aromatic carbocycles. The van der Waals surface area contributed by atoms with Gasteiger partial charge in [0.15, 0.2) is 0 Å². The molecule has 2 fully saturated rings. The molecule has 10 heteroatoms. The van der Waals surface area contributed by atoms with E-state index in [9.17, 15) is 16.8 Å². The minimum absolute atomic E-state index is 0.0884. The minimum atomic E-state index is -3.74. The molecule has 1 atom stereocenters. The second kappa shape index (κ2) is 8.11. The van der Waals surface area contributed by atoms with Crippen LogP contribution in [0.1, 0.15) is 24.4 Å². The molecule has 29 heavy (non-hydrogen) atoms. The molecule has 0 saturated carbocycles. The summed E-state index contributed by atoms with van der Waals surface area (Å²) in [6, 6.07) is 8.92. The quantitative estimate of drug-likeness (QED) is 0.705. The van der Waals surface area contributed by atoms with Gasteiger partial charge in [-0.15, -0.1) is 0 Å². The van der Waals surface area contributed by atoms with E-state index in [2.05, 4.69) is 4.98 Å². The van der Waals surface area contributed by atoms with Crippen LogP contribution in [0.3, 0.4) is 0 Å². The van der Waals surface area contributed by atoms with Gasteiger partial charge in [-0.25, -0.2) is 16.8 Å². The Morgan fingerprint density at radius 2 is 1.41 bits per heavy atom. The van der Waals surface area contributed by atoms with E-state index in [1.165, 1.54) is 32.9 Å². The van der Waals surface area contributed by atoms with Gasteiger partial charge in [0, 0.05) is 32.0 Å². The first-order valence-electron chi connectivity index (χ1n) is 9.50. The van der Waals surface area contributed by atoms with Gasteiger partial charge in [0.2, 0.25) is 20.0 Å². The maximum absolute atomic E-state index is 13.2. The van der Waals surface area contributed by atoms with E-state index < -0.39 is 20.0 Å². The summed E-state index contributed by atoms with van der Waals surface area (Å²) in [5.74, 6) is 0. The second-order valence-electron chi connectivity index (χ2n) is 7.04. The average Bonchev–Trinajstić information content (AvgIpc) is 3.26. The molecular weight excluding hydrogens is 414 g/mol. The number of hydrogen-bond acceptors (Lipinski definition) is 6. The molecule has 0 aliphatic carbocycles.